The predicted molar refractivity (Wildman–Crippen MR) is 82.8 cm³/mol. The molecule has 0 amide bonds. The van der Waals surface area contributed by atoms with E-state index in [-0.39, 0.29) is 18.0 Å². The number of nitrogens with zero attached hydrogens (tertiary/aromatic N) is 1. The monoisotopic (exact) mass is 305 g/mol. The Hall–Kier alpha value is -1.79. The Labute approximate surface area is 126 Å². The third-order valence-electron chi connectivity index (χ3n) is 2.72. The van der Waals surface area contributed by atoms with Crippen molar-refractivity contribution in [2.45, 2.75) is 31.3 Å². The molecule has 0 aliphatic rings. The number of rotatable bonds is 5. The van der Waals surface area contributed by atoms with Crippen LogP contribution in [0.25, 0.3) is 0 Å². The molecule has 1 aromatic carbocycles. The van der Waals surface area contributed by atoms with E-state index in [0.29, 0.717) is 6.42 Å². The maximum absolute atomic E-state index is 12.5. The van der Waals surface area contributed by atoms with E-state index in [0.717, 1.165) is 5.56 Å². The van der Waals surface area contributed by atoms with Crippen molar-refractivity contribution < 1.29 is 13.5 Å². The highest BCUT2D eigenvalue weighted by atomic mass is 32.2. The topological polar surface area (TPSA) is 57.6 Å². The first kappa shape index (κ1) is 17.3. The molecule has 5 heteroatoms. The van der Waals surface area contributed by atoms with E-state index in [4.69, 9.17) is 11.5 Å². The van der Waals surface area contributed by atoms with E-state index in [1.165, 1.54) is 4.31 Å². The fourth-order valence-electron chi connectivity index (χ4n) is 1.65. The molecule has 1 rings (SSSR count). The molecule has 0 saturated heterocycles. The van der Waals surface area contributed by atoms with Gasteiger partial charge in [0.05, 0.1) is 11.4 Å². The minimum absolute atomic E-state index is 0.00737. The second-order valence-corrected chi connectivity index (χ2v) is 6.54. The zero-order valence-electron chi connectivity index (χ0n) is 12.2. The lowest BCUT2D eigenvalue weighted by Crippen LogP contribution is -2.32. The molecule has 0 aromatic heterocycles. The summed E-state index contributed by atoms with van der Waals surface area (Å²) in [7, 11) is -3.62. The van der Waals surface area contributed by atoms with Gasteiger partial charge in [-0.25, -0.2) is 8.42 Å². The summed E-state index contributed by atoms with van der Waals surface area (Å²) in [6.45, 7) is 3.63. The van der Waals surface area contributed by atoms with Crippen molar-refractivity contribution in [3.05, 3.63) is 29.8 Å². The number of aliphatic hydroxyl groups is 1. The normalized spacial score (nSPS) is 12.3. The number of terminal acetylenes is 1. The summed E-state index contributed by atoms with van der Waals surface area (Å²) in [6, 6.07) is 6.62. The largest absolute Gasteiger partial charge is 0.381 e. The van der Waals surface area contributed by atoms with Crippen molar-refractivity contribution in [2.75, 3.05) is 13.1 Å². The van der Waals surface area contributed by atoms with Crippen molar-refractivity contribution >= 4 is 10.0 Å². The number of hydrogen-bond donors (Lipinski definition) is 1. The fourth-order valence-corrected chi connectivity index (χ4v) is 3.00. The van der Waals surface area contributed by atoms with Gasteiger partial charge in [0.15, 0.2) is 0 Å². The van der Waals surface area contributed by atoms with Gasteiger partial charge in [0, 0.05) is 13.0 Å². The molecule has 21 heavy (non-hydrogen) atoms. The fraction of sp³-hybridized carbons (Fsp3) is 0.375. The molecule has 0 bridgehead atoms. The molecule has 0 aliphatic carbocycles. The van der Waals surface area contributed by atoms with Crippen molar-refractivity contribution in [1.29, 1.82) is 0 Å². The Morgan fingerprint density at radius 2 is 1.95 bits per heavy atom. The highest BCUT2D eigenvalue weighted by molar-refractivity contribution is 7.89. The molecular formula is C16H19NO3S. The molecule has 0 radical (unpaired) electrons. The molecule has 0 heterocycles. The zero-order chi connectivity index (χ0) is 15.9. The van der Waals surface area contributed by atoms with Gasteiger partial charge in [-0.1, -0.05) is 35.5 Å². The molecule has 0 saturated carbocycles. The smallest absolute Gasteiger partial charge is 0.243 e. The first-order chi connectivity index (χ1) is 9.87. The summed E-state index contributed by atoms with van der Waals surface area (Å²) >= 11 is 0. The molecule has 0 fully saturated rings. The first-order valence-corrected chi connectivity index (χ1v) is 7.98. The van der Waals surface area contributed by atoms with Gasteiger partial charge in [0.25, 0.3) is 0 Å². The van der Waals surface area contributed by atoms with Crippen LogP contribution in [0.1, 0.15) is 18.9 Å². The lowest BCUT2D eigenvalue weighted by atomic mass is 10.2. The summed E-state index contributed by atoms with van der Waals surface area (Å²) in [5, 5.41) is 9.05. The summed E-state index contributed by atoms with van der Waals surface area (Å²) in [4.78, 5) is 0.215. The predicted octanol–water partition coefficient (Wildman–Crippen LogP) is 1.39. The van der Waals surface area contributed by atoms with Crippen LogP contribution in [0.5, 0.6) is 0 Å². The van der Waals surface area contributed by atoms with E-state index in [1.807, 2.05) is 6.92 Å². The van der Waals surface area contributed by atoms with Gasteiger partial charge in [-0.3, -0.25) is 0 Å². The molecular weight excluding hydrogens is 286 g/mol. The van der Waals surface area contributed by atoms with E-state index >= 15 is 0 Å². The van der Waals surface area contributed by atoms with Crippen LogP contribution in [-0.4, -0.2) is 37.0 Å². The Balaban J connectivity index is 2.91. The number of benzene rings is 1. The maximum Gasteiger partial charge on any atom is 0.243 e. The van der Waals surface area contributed by atoms with Crippen molar-refractivity contribution in [3.8, 4) is 24.2 Å². The third-order valence-corrected chi connectivity index (χ3v) is 4.58. The van der Waals surface area contributed by atoms with Gasteiger partial charge >= 0.3 is 0 Å². The Bertz CT molecular complexity index is 658. The maximum atomic E-state index is 12.5. The van der Waals surface area contributed by atoms with Crippen molar-refractivity contribution in [2.24, 2.45) is 0 Å². The van der Waals surface area contributed by atoms with Crippen LogP contribution < -0.4 is 0 Å². The second-order valence-electron chi connectivity index (χ2n) is 4.60. The molecule has 1 atom stereocenters. The van der Waals surface area contributed by atoms with Gasteiger partial charge in [-0.2, -0.15) is 4.31 Å². The van der Waals surface area contributed by atoms with Crippen LogP contribution in [0.4, 0.5) is 0 Å². The molecule has 1 N–H and O–H groups in total. The third kappa shape index (κ3) is 5.24. The molecule has 4 nitrogen and oxygen atoms in total. The van der Waals surface area contributed by atoms with Crippen LogP contribution in [0, 0.1) is 31.1 Å². The van der Waals surface area contributed by atoms with Crippen LogP contribution in [-0.2, 0) is 10.0 Å². The van der Waals surface area contributed by atoms with Crippen molar-refractivity contribution in [3.63, 3.8) is 0 Å². The van der Waals surface area contributed by atoms with E-state index in [1.54, 1.807) is 31.2 Å². The lowest BCUT2D eigenvalue weighted by molar-refractivity contribution is 0.253. The van der Waals surface area contributed by atoms with E-state index in [9.17, 15) is 8.42 Å². The second kappa shape index (κ2) is 7.85. The highest BCUT2D eigenvalue weighted by Crippen LogP contribution is 2.16. The van der Waals surface area contributed by atoms with E-state index < -0.39 is 16.1 Å². The zero-order valence-corrected chi connectivity index (χ0v) is 13.0. The van der Waals surface area contributed by atoms with Crippen molar-refractivity contribution in [1.82, 2.24) is 4.31 Å². The Kier molecular flexibility index (Phi) is 6.45. The molecule has 1 unspecified atom stereocenters. The number of aliphatic hydroxyl groups excluding tert-OH is 1. The summed E-state index contributed by atoms with van der Waals surface area (Å²) < 4.78 is 26.2. The molecule has 1 aromatic rings. The Morgan fingerprint density at radius 1 is 1.33 bits per heavy atom. The molecule has 0 aliphatic heterocycles. The number of hydrogen-bond acceptors (Lipinski definition) is 3. The van der Waals surface area contributed by atoms with Gasteiger partial charge < -0.3 is 5.11 Å². The SMILES string of the molecule is C#CCN(CCC#CC(C)O)S(=O)(=O)c1ccc(C)cc1. The first-order valence-electron chi connectivity index (χ1n) is 6.54. The van der Waals surface area contributed by atoms with Crippen LogP contribution in [0.3, 0.4) is 0 Å². The Morgan fingerprint density at radius 3 is 2.48 bits per heavy atom. The quantitative estimate of drug-likeness (QED) is 0.837. The summed E-state index contributed by atoms with van der Waals surface area (Å²) in [6.07, 6.45) is 4.84. The molecule has 0 spiro atoms. The average molecular weight is 305 g/mol. The molecule has 112 valence electrons. The van der Waals surface area contributed by atoms with Gasteiger partial charge in [-0.15, -0.1) is 6.42 Å². The standard InChI is InChI=1S/C16H19NO3S/c1-4-12-17(13-6-5-7-15(3)18)21(19,20)16-10-8-14(2)9-11-16/h1,8-11,15,18H,6,12-13H2,2-3H3. The number of aryl methyl sites for hydroxylation is 1. The summed E-state index contributed by atoms with van der Waals surface area (Å²) in [5.74, 6) is 7.66. The minimum atomic E-state index is -3.62. The van der Waals surface area contributed by atoms with Gasteiger partial charge in [0.1, 0.15) is 6.10 Å². The van der Waals surface area contributed by atoms with Crippen LogP contribution in [0.2, 0.25) is 0 Å². The highest BCUT2D eigenvalue weighted by Gasteiger charge is 2.22. The number of sulfonamides is 1. The van der Waals surface area contributed by atoms with E-state index in [2.05, 4.69) is 17.8 Å². The average Bonchev–Trinajstić information content (AvgIpc) is 2.42. The van der Waals surface area contributed by atoms with Crippen LogP contribution in [0.15, 0.2) is 29.2 Å². The van der Waals surface area contributed by atoms with Gasteiger partial charge in [0.2, 0.25) is 10.0 Å². The van der Waals surface area contributed by atoms with Crippen LogP contribution >= 0.6 is 0 Å². The summed E-state index contributed by atoms with van der Waals surface area (Å²) in [5.41, 5.74) is 0.986. The minimum Gasteiger partial charge on any atom is -0.381 e. The lowest BCUT2D eigenvalue weighted by Gasteiger charge is -2.18. The van der Waals surface area contributed by atoms with Gasteiger partial charge in [-0.05, 0) is 26.0 Å².